The summed E-state index contributed by atoms with van der Waals surface area (Å²) in [4.78, 5) is 93.1. The van der Waals surface area contributed by atoms with E-state index in [-0.39, 0.29) is 55.4 Å². The lowest BCUT2D eigenvalue weighted by molar-refractivity contribution is -0.133. The van der Waals surface area contributed by atoms with Crippen LogP contribution in [0.25, 0.3) is 67.6 Å². The van der Waals surface area contributed by atoms with Gasteiger partial charge in [-0.15, -0.1) is 0 Å². The number of anilines is 4. The lowest BCUT2D eigenvalue weighted by Crippen LogP contribution is -2.39. The number of amides is 2. The maximum Gasteiger partial charge on any atom is 0.414 e. The van der Waals surface area contributed by atoms with Gasteiger partial charge in [-0.2, -0.15) is 52.7 Å². The Labute approximate surface area is 762 Å². The van der Waals surface area contributed by atoms with Gasteiger partial charge >= 0.3 is 60.8 Å². The number of rotatable bonds is 26. The van der Waals surface area contributed by atoms with Crippen LogP contribution in [0.2, 0.25) is 0 Å². The van der Waals surface area contributed by atoms with E-state index in [1.807, 2.05) is 12.1 Å². The summed E-state index contributed by atoms with van der Waals surface area (Å²) in [6.45, 7) is 17.6. The van der Waals surface area contributed by atoms with Crippen molar-refractivity contribution in [3.8, 4) is 45.0 Å². The highest BCUT2D eigenvalue weighted by Crippen LogP contribution is 2.39. The van der Waals surface area contributed by atoms with E-state index in [1.165, 1.54) is 59.9 Å². The minimum atomic E-state index is -4.52. The number of aromatic nitrogens is 8. The molecule has 0 radical (unpaired) electrons. The molecule has 134 heavy (non-hydrogen) atoms. The van der Waals surface area contributed by atoms with Crippen molar-refractivity contribution in [1.29, 1.82) is 0 Å². The van der Waals surface area contributed by atoms with E-state index >= 15 is 0 Å². The molecule has 12 aromatic rings. The summed E-state index contributed by atoms with van der Waals surface area (Å²) < 4.78 is 191. The predicted octanol–water partition coefficient (Wildman–Crippen LogP) is 19.7. The van der Waals surface area contributed by atoms with Gasteiger partial charge in [-0.25, -0.2) is 48.7 Å². The molecule has 40 heteroatoms. The third-order valence-corrected chi connectivity index (χ3v) is 20.5. The summed E-state index contributed by atoms with van der Waals surface area (Å²) in [5.41, 5.74) is 12.5. The minimum absolute atomic E-state index is 0.0612. The first kappa shape index (κ1) is 104. The number of aryl methyl sites for hydroxylation is 4. The third-order valence-electron chi connectivity index (χ3n) is 20.5. The molecule has 0 aliphatic heterocycles. The zero-order valence-electron chi connectivity index (χ0n) is 76.2. The zero-order chi connectivity index (χ0) is 99.2. The van der Waals surface area contributed by atoms with Crippen LogP contribution in [0.15, 0.2) is 147 Å². The van der Waals surface area contributed by atoms with Crippen LogP contribution in [-0.2, 0) is 41.3 Å². The summed E-state index contributed by atoms with van der Waals surface area (Å²) in [7, 11) is 5.20. The third kappa shape index (κ3) is 27.4. The smallest absolute Gasteiger partial charge is 0.414 e. The second-order valence-corrected chi connectivity index (χ2v) is 33.2. The normalized spacial score (nSPS) is 12.4. The highest BCUT2D eigenvalue weighted by Gasteiger charge is 2.37. The molecular formula is C94H104F12N12O16. The number of carbonyl (C=O) groups excluding carboxylic acids is 6. The second kappa shape index (κ2) is 43.6. The van der Waals surface area contributed by atoms with E-state index < -0.39 is 123 Å². The fourth-order valence-corrected chi connectivity index (χ4v) is 14.0. The highest BCUT2D eigenvalue weighted by atomic mass is 19.4. The van der Waals surface area contributed by atoms with Crippen molar-refractivity contribution in [3.05, 3.63) is 213 Å². The van der Waals surface area contributed by atoms with E-state index in [4.69, 9.17) is 28.4 Å². The number of benzene rings is 4. The Morgan fingerprint density at radius 3 is 0.955 bits per heavy atom. The molecule has 0 saturated carbocycles. The Balaban J connectivity index is 0.000000202. The molecule has 0 fully saturated rings. The van der Waals surface area contributed by atoms with E-state index in [1.54, 1.807) is 204 Å². The van der Waals surface area contributed by atoms with Crippen LogP contribution in [0.1, 0.15) is 179 Å². The average molecular weight is 1890 g/mol. The van der Waals surface area contributed by atoms with Crippen molar-refractivity contribution >= 4 is 81.4 Å². The Morgan fingerprint density at radius 2 is 0.664 bits per heavy atom. The first-order valence-electron chi connectivity index (χ1n) is 41.8. The molecule has 6 N–H and O–H groups in total. The summed E-state index contributed by atoms with van der Waals surface area (Å²) in [6.07, 6.45) is -12.1. The van der Waals surface area contributed by atoms with E-state index in [2.05, 4.69) is 30.6 Å². The van der Waals surface area contributed by atoms with Crippen molar-refractivity contribution in [1.82, 2.24) is 37.5 Å². The molecule has 12 rings (SSSR count). The summed E-state index contributed by atoms with van der Waals surface area (Å²) in [5.74, 6) is -1.84. The molecule has 0 bridgehead atoms. The fourth-order valence-electron chi connectivity index (χ4n) is 14.0. The van der Waals surface area contributed by atoms with Gasteiger partial charge in [-0.3, -0.25) is 27.4 Å². The molecule has 28 nitrogen and oxygen atoms in total. The van der Waals surface area contributed by atoms with Gasteiger partial charge in [0.15, 0.2) is 22.6 Å². The average Bonchev–Trinajstić information content (AvgIpc) is 1.60. The number of imidazole rings is 4. The number of nitrogens with zero attached hydrogens (tertiary/aromatic N) is 10. The Morgan fingerprint density at radius 1 is 0.388 bits per heavy atom. The van der Waals surface area contributed by atoms with Crippen molar-refractivity contribution in [2.45, 2.75) is 170 Å². The van der Waals surface area contributed by atoms with Crippen molar-refractivity contribution in [3.63, 3.8) is 0 Å². The van der Waals surface area contributed by atoms with Gasteiger partial charge in [0.05, 0.1) is 159 Å². The maximum absolute atomic E-state index is 13.2. The number of alkyl halides is 12. The number of methoxy groups -OCH3 is 4. The van der Waals surface area contributed by atoms with Crippen LogP contribution in [0.3, 0.4) is 0 Å². The summed E-state index contributed by atoms with van der Waals surface area (Å²) in [6, 6.07) is 26.8. The van der Waals surface area contributed by atoms with Crippen LogP contribution < -0.4 is 20.4 Å². The van der Waals surface area contributed by atoms with Crippen molar-refractivity contribution in [2.24, 2.45) is 0 Å². The van der Waals surface area contributed by atoms with E-state index in [0.717, 1.165) is 32.1 Å². The van der Waals surface area contributed by atoms with E-state index in [9.17, 15) is 102 Å². The van der Waals surface area contributed by atoms with Crippen LogP contribution in [-0.4, -0.2) is 198 Å². The predicted molar refractivity (Wildman–Crippen MR) is 476 cm³/mol. The van der Waals surface area contributed by atoms with Gasteiger partial charge in [0.1, 0.15) is 11.2 Å². The van der Waals surface area contributed by atoms with Crippen LogP contribution in [0.4, 0.5) is 85.0 Å². The quantitative estimate of drug-likeness (QED) is 0.0167. The van der Waals surface area contributed by atoms with Crippen LogP contribution in [0.5, 0.6) is 0 Å². The SMILES string of the molecule is COC(=O)c1ccc(-c2cnc3c(N(CCC(F)(F)F)C(=O)OC(C)(C)C)cc(C(C)O)cn23)cc1C.COC(=O)c1ccc(-c2cnc3c(N(CCC(F)(F)F)C(=O)OC(C)(C)C)cc(CCO)cn23)cc1C.COC(=O)c1ccc(-c2cnc3c(NCCC(F)(F)F)cc(C(C)O)cn23)cc1C.COC(=O)c1ccc(-c2cnc3c(NCCC(F)(F)F)cc(CCO)cn23)cc1C. The first-order valence-corrected chi connectivity index (χ1v) is 41.8. The topological polar surface area (TPSA) is 338 Å². The molecule has 2 atom stereocenters. The first-order chi connectivity index (χ1) is 62.7. The van der Waals surface area contributed by atoms with Crippen molar-refractivity contribution in [2.75, 3.05) is 88.3 Å². The largest absolute Gasteiger partial charge is 0.465 e. The summed E-state index contributed by atoms with van der Waals surface area (Å²) in [5, 5.41) is 44.8. The van der Waals surface area contributed by atoms with E-state index in [0.29, 0.717) is 119 Å². The molecule has 0 saturated heterocycles. The Kier molecular flexibility index (Phi) is 33.9. The van der Waals surface area contributed by atoms with Crippen LogP contribution >= 0.6 is 0 Å². The number of fused-ring (bicyclic) bond motifs is 4. The molecule has 2 unspecified atom stereocenters. The van der Waals surface area contributed by atoms with Crippen molar-refractivity contribution < 1.29 is 130 Å². The number of esters is 4. The Hall–Kier alpha value is -13.3. The maximum atomic E-state index is 13.2. The number of nitrogens with one attached hydrogen (secondary N) is 2. The number of carbonyl (C=O) groups is 6. The van der Waals surface area contributed by atoms with Gasteiger partial charge in [0, 0.05) is 86.4 Å². The Bertz CT molecular complexity index is 6220. The second-order valence-electron chi connectivity index (χ2n) is 33.2. The molecule has 720 valence electrons. The zero-order valence-corrected chi connectivity index (χ0v) is 76.2. The minimum Gasteiger partial charge on any atom is -0.465 e. The molecule has 8 heterocycles. The van der Waals surface area contributed by atoms with Gasteiger partial charge in [0.2, 0.25) is 0 Å². The lowest BCUT2D eigenvalue weighted by atomic mass is 10.0. The number of hydrogen-bond acceptors (Lipinski definition) is 22. The number of hydrogen-bond donors (Lipinski definition) is 6. The monoisotopic (exact) mass is 1880 g/mol. The molecular weight excluding hydrogens is 1780 g/mol. The number of aliphatic hydroxyl groups is 4. The standard InChI is InChI=1S/2C26H30F3N3O5.2C21H22F3N3O3/c1-15-11-17(7-8-19(15)23(34)36-6)21-13-30-22-20(12-18(16(2)33)14-32(21)22)31(10-9-26(27,28)29)24(35)37-25(3,4)5;1-16-12-18(6-7-19(16)23(34)36-5)21-14-30-22-20(13-17(8-11-33)15-32(21)22)31(10-9-26(27,28)29)24(35)37-25(2,3)4;1-12-8-14(4-5-16(12)20(29)30-3)18-10-26-19-17(25-7-6-21(22,23)24)9-15(13(2)28)11-27(18)19;1-13-9-15(3-4-16(13)20(29)30-2)18-11-26-19-17(25-7-6-21(22,23)24)10-14(5-8-28)12-27(18)19/h7-8,11-14,16,33H,9-10H2,1-6H3;6-7,12-15,33H,8-11H2,1-5H3;4-5,8-11,13,25,28H,6-7H2,1-3H3;3-4,9-12,25,28H,5-8H2,1-2H3. The fraction of sp³-hybridized carbons (Fsp3) is 0.383. The van der Waals surface area contributed by atoms with Gasteiger partial charge in [-0.1, -0.05) is 24.3 Å². The van der Waals surface area contributed by atoms with Gasteiger partial charge in [0.25, 0.3) is 0 Å². The van der Waals surface area contributed by atoms with Crippen LogP contribution in [0, 0.1) is 27.7 Å². The molecule has 2 amide bonds. The number of pyridine rings is 4. The van der Waals surface area contributed by atoms with Gasteiger partial charge < -0.3 is 59.5 Å². The molecule has 0 aliphatic carbocycles. The number of aliphatic hydroxyl groups excluding tert-OH is 4. The molecule has 4 aromatic carbocycles. The molecule has 0 spiro atoms. The number of halogens is 12. The van der Waals surface area contributed by atoms with Gasteiger partial charge in [-0.05, 0) is 213 Å². The lowest BCUT2D eigenvalue weighted by Gasteiger charge is -2.28. The summed E-state index contributed by atoms with van der Waals surface area (Å²) >= 11 is 0. The molecule has 0 aliphatic rings. The molecule has 8 aromatic heterocycles. The number of ether oxygens (including phenoxy) is 6. The highest BCUT2D eigenvalue weighted by molar-refractivity contribution is 5.97.